The second-order valence-electron chi connectivity index (χ2n) is 5.26. The molecule has 0 radical (unpaired) electrons. The van der Waals surface area contributed by atoms with Gasteiger partial charge in [-0.3, -0.25) is 5.32 Å². The first-order valence-electron chi connectivity index (χ1n) is 6.67. The van der Waals surface area contributed by atoms with Crippen molar-refractivity contribution in [3.8, 4) is 6.07 Å². The molecule has 1 saturated heterocycles. The number of hydrogen-bond acceptors (Lipinski definition) is 4. The second kappa shape index (κ2) is 6.95. The quantitative estimate of drug-likeness (QED) is 0.716. The largest absolute Gasteiger partial charge is 0.302 e. The molecule has 1 rings (SSSR count). The Hall–Kier alpha value is -0.630. The summed E-state index contributed by atoms with van der Waals surface area (Å²) in [6.07, 6.45) is 2.69. The first-order chi connectivity index (χ1) is 8.09. The Morgan fingerprint density at radius 3 is 2.59 bits per heavy atom. The van der Waals surface area contributed by atoms with Crippen LogP contribution in [0.3, 0.4) is 0 Å². The van der Waals surface area contributed by atoms with Crippen molar-refractivity contribution < 1.29 is 0 Å². The van der Waals surface area contributed by atoms with Crippen LogP contribution in [0.1, 0.15) is 26.7 Å². The van der Waals surface area contributed by atoms with E-state index in [0.29, 0.717) is 0 Å². The van der Waals surface area contributed by atoms with Crippen LogP contribution in [0.2, 0.25) is 0 Å². The third kappa shape index (κ3) is 5.03. The van der Waals surface area contributed by atoms with Crippen LogP contribution < -0.4 is 5.32 Å². The molecule has 0 amide bonds. The lowest BCUT2D eigenvalue weighted by atomic mass is 10.0. The average Bonchev–Trinajstić information content (AvgIpc) is 2.79. The molecule has 0 aromatic heterocycles. The van der Waals surface area contributed by atoms with E-state index in [0.717, 1.165) is 26.2 Å². The van der Waals surface area contributed by atoms with Crippen molar-refractivity contribution in [3.63, 3.8) is 0 Å². The summed E-state index contributed by atoms with van der Waals surface area (Å²) in [5.41, 5.74) is -0.422. The highest BCUT2D eigenvalue weighted by atomic mass is 15.2. The third-order valence-electron chi connectivity index (χ3n) is 3.40. The molecule has 1 aliphatic rings. The standard InChI is InChI=1S/C13H26N4/c1-4-15-13(2,11-14)12-16(3)9-10-17-7-5-6-8-17/h15H,4-10,12H2,1-3H3. The number of likely N-dealkylation sites (tertiary alicyclic amines) is 1. The summed E-state index contributed by atoms with van der Waals surface area (Å²) in [4.78, 5) is 4.76. The Kier molecular flexibility index (Phi) is 5.90. The molecule has 1 unspecified atom stereocenters. The topological polar surface area (TPSA) is 42.3 Å². The smallest absolute Gasteiger partial charge is 0.116 e. The fraction of sp³-hybridized carbons (Fsp3) is 0.923. The van der Waals surface area contributed by atoms with Crippen LogP contribution in [0.15, 0.2) is 0 Å². The zero-order valence-electron chi connectivity index (χ0n) is 11.5. The van der Waals surface area contributed by atoms with E-state index in [4.69, 9.17) is 0 Å². The number of hydrogen-bond donors (Lipinski definition) is 1. The van der Waals surface area contributed by atoms with Gasteiger partial charge in [-0.25, -0.2) is 0 Å². The van der Waals surface area contributed by atoms with Crippen molar-refractivity contribution in [1.29, 1.82) is 5.26 Å². The summed E-state index contributed by atoms with van der Waals surface area (Å²) < 4.78 is 0. The molecule has 0 spiro atoms. The molecule has 0 aromatic carbocycles. The van der Waals surface area contributed by atoms with Crippen LogP contribution >= 0.6 is 0 Å². The molecule has 98 valence electrons. The summed E-state index contributed by atoms with van der Waals surface area (Å²) in [7, 11) is 2.10. The van der Waals surface area contributed by atoms with Crippen molar-refractivity contribution >= 4 is 0 Å². The van der Waals surface area contributed by atoms with Crippen LogP contribution in [-0.2, 0) is 0 Å². The monoisotopic (exact) mass is 238 g/mol. The normalized spacial score (nSPS) is 20.4. The van der Waals surface area contributed by atoms with Crippen molar-refractivity contribution in [2.24, 2.45) is 0 Å². The minimum Gasteiger partial charge on any atom is -0.302 e. The molecule has 1 fully saturated rings. The number of nitrogens with one attached hydrogen (secondary N) is 1. The molecule has 0 bridgehead atoms. The highest BCUT2D eigenvalue weighted by Crippen LogP contribution is 2.08. The fourth-order valence-electron chi connectivity index (χ4n) is 2.46. The molecule has 1 N–H and O–H groups in total. The van der Waals surface area contributed by atoms with Crippen LogP contribution in [0, 0.1) is 11.3 Å². The van der Waals surface area contributed by atoms with Crippen molar-refractivity contribution in [1.82, 2.24) is 15.1 Å². The van der Waals surface area contributed by atoms with E-state index in [9.17, 15) is 5.26 Å². The van der Waals surface area contributed by atoms with Crippen molar-refractivity contribution in [2.45, 2.75) is 32.2 Å². The average molecular weight is 238 g/mol. The van der Waals surface area contributed by atoms with Crippen LogP contribution in [-0.4, -0.2) is 61.7 Å². The molecule has 1 atom stereocenters. The number of nitriles is 1. The maximum atomic E-state index is 9.20. The van der Waals surface area contributed by atoms with Gasteiger partial charge in [0.05, 0.1) is 6.07 Å². The van der Waals surface area contributed by atoms with Gasteiger partial charge < -0.3 is 9.80 Å². The summed E-state index contributed by atoms with van der Waals surface area (Å²) in [5.74, 6) is 0. The van der Waals surface area contributed by atoms with E-state index in [1.165, 1.54) is 25.9 Å². The lowest BCUT2D eigenvalue weighted by molar-refractivity contribution is 0.223. The van der Waals surface area contributed by atoms with E-state index >= 15 is 0 Å². The van der Waals surface area contributed by atoms with Gasteiger partial charge in [-0.1, -0.05) is 6.92 Å². The molecule has 4 heteroatoms. The molecule has 0 aromatic rings. The van der Waals surface area contributed by atoms with Gasteiger partial charge in [-0.15, -0.1) is 0 Å². The maximum Gasteiger partial charge on any atom is 0.116 e. The Labute approximate surface area is 106 Å². The third-order valence-corrected chi connectivity index (χ3v) is 3.40. The molecule has 0 saturated carbocycles. The van der Waals surface area contributed by atoms with Crippen molar-refractivity contribution in [3.05, 3.63) is 0 Å². The molecule has 1 aliphatic heterocycles. The first kappa shape index (κ1) is 14.4. The van der Waals surface area contributed by atoms with Crippen LogP contribution in [0.5, 0.6) is 0 Å². The predicted molar refractivity (Wildman–Crippen MR) is 70.9 cm³/mol. The molecular formula is C13H26N4. The Bertz CT molecular complexity index is 255. The van der Waals surface area contributed by atoms with E-state index in [1.807, 2.05) is 13.8 Å². The Morgan fingerprint density at radius 1 is 1.41 bits per heavy atom. The number of likely N-dealkylation sites (N-methyl/N-ethyl adjacent to an activating group) is 2. The predicted octanol–water partition coefficient (Wildman–Crippen LogP) is 0.906. The minimum absolute atomic E-state index is 0.422. The van der Waals surface area contributed by atoms with Crippen LogP contribution in [0.4, 0.5) is 0 Å². The lowest BCUT2D eigenvalue weighted by Gasteiger charge is -2.29. The van der Waals surface area contributed by atoms with E-state index in [-0.39, 0.29) is 0 Å². The minimum atomic E-state index is -0.422. The molecular weight excluding hydrogens is 212 g/mol. The highest BCUT2D eigenvalue weighted by Gasteiger charge is 2.24. The van der Waals surface area contributed by atoms with Crippen molar-refractivity contribution in [2.75, 3.05) is 46.3 Å². The van der Waals surface area contributed by atoms with Gasteiger partial charge in [0.1, 0.15) is 5.54 Å². The van der Waals surface area contributed by atoms with Gasteiger partial charge in [-0.05, 0) is 46.4 Å². The Morgan fingerprint density at radius 2 is 2.06 bits per heavy atom. The van der Waals surface area contributed by atoms with Gasteiger partial charge in [0.2, 0.25) is 0 Å². The molecule has 1 heterocycles. The number of nitrogens with zero attached hydrogens (tertiary/aromatic N) is 3. The molecule has 17 heavy (non-hydrogen) atoms. The number of rotatable bonds is 7. The van der Waals surface area contributed by atoms with Gasteiger partial charge >= 0.3 is 0 Å². The summed E-state index contributed by atoms with van der Waals surface area (Å²) >= 11 is 0. The van der Waals surface area contributed by atoms with Gasteiger partial charge in [0, 0.05) is 19.6 Å². The fourth-order valence-corrected chi connectivity index (χ4v) is 2.46. The zero-order valence-corrected chi connectivity index (χ0v) is 11.5. The molecule has 0 aliphatic carbocycles. The van der Waals surface area contributed by atoms with E-state index < -0.39 is 5.54 Å². The lowest BCUT2D eigenvalue weighted by Crippen LogP contribution is -2.50. The van der Waals surface area contributed by atoms with Gasteiger partial charge in [0.15, 0.2) is 0 Å². The zero-order chi connectivity index (χ0) is 12.7. The summed E-state index contributed by atoms with van der Waals surface area (Å²) in [6, 6.07) is 2.37. The van der Waals surface area contributed by atoms with Crippen LogP contribution in [0.25, 0.3) is 0 Å². The maximum absolute atomic E-state index is 9.20. The van der Waals surface area contributed by atoms with E-state index in [2.05, 4.69) is 28.2 Å². The van der Waals surface area contributed by atoms with E-state index in [1.54, 1.807) is 0 Å². The SMILES string of the molecule is CCNC(C)(C#N)CN(C)CCN1CCCC1. The van der Waals surface area contributed by atoms with Gasteiger partial charge in [0.25, 0.3) is 0 Å². The van der Waals surface area contributed by atoms with Gasteiger partial charge in [-0.2, -0.15) is 5.26 Å². The first-order valence-corrected chi connectivity index (χ1v) is 6.67. The Balaban J connectivity index is 2.27. The molecule has 4 nitrogen and oxygen atoms in total. The second-order valence-corrected chi connectivity index (χ2v) is 5.26. The highest BCUT2D eigenvalue weighted by molar-refractivity contribution is 5.05. The summed E-state index contributed by atoms with van der Waals surface area (Å²) in [6.45, 7) is 10.3. The summed E-state index contributed by atoms with van der Waals surface area (Å²) in [5, 5.41) is 12.4.